The normalized spacial score (nSPS) is 12.2. The molecule has 1 aromatic rings. The van der Waals surface area contributed by atoms with Crippen LogP contribution in [-0.4, -0.2) is 17.1 Å². The number of aromatic hydroxyl groups is 1. The number of phenolic OH excluding ortho intramolecular Hbond substituents is 1. The summed E-state index contributed by atoms with van der Waals surface area (Å²) < 4.78 is 0. The highest BCUT2D eigenvalue weighted by atomic mass is 16.3. The van der Waals surface area contributed by atoms with Crippen molar-refractivity contribution in [3.63, 3.8) is 0 Å². The van der Waals surface area contributed by atoms with Crippen molar-refractivity contribution in [3.05, 3.63) is 23.8 Å². The van der Waals surface area contributed by atoms with Crippen molar-refractivity contribution >= 4 is 11.6 Å². The van der Waals surface area contributed by atoms with Crippen LogP contribution in [0.3, 0.4) is 0 Å². The van der Waals surface area contributed by atoms with Gasteiger partial charge in [-0.25, -0.2) is 0 Å². The molecule has 0 spiro atoms. The highest BCUT2D eigenvalue weighted by Gasteiger charge is 2.05. The van der Waals surface area contributed by atoms with Crippen LogP contribution in [0.2, 0.25) is 0 Å². The molecule has 0 aromatic heterocycles. The lowest BCUT2D eigenvalue weighted by molar-refractivity contribution is -0.114. The zero-order valence-electron chi connectivity index (χ0n) is 9.66. The van der Waals surface area contributed by atoms with E-state index in [2.05, 4.69) is 5.32 Å². The summed E-state index contributed by atoms with van der Waals surface area (Å²) in [7, 11) is 0. The topological polar surface area (TPSA) is 75.3 Å². The summed E-state index contributed by atoms with van der Waals surface area (Å²) in [5.41, 5.74) is 7.17. The van der Waals surface area contributed by atoms with E-state index in [4.69, 9.17) is 5.73 Å². The Morgan fingerprint density at radius 2 is 2.25 bits per heavy atom. The molecule has 0 fully saturated rings. The lowest BCUT2D eigenvalue weighted by Gasteiger charge is -2.09. The van der Waals surface area contributed by atoms with Crippen molar-refractivity contribution in [2.75, 3.05) is 5.32 Å². The molecular formula is C12H18N2O2. The molecule has 0 aliphatic carbocycles. The fourth-order valence-corrected chi connectivity index (χ4v) is 1.45. The minimum absolute atomic E-state index is 0.101. The molecule has 1 unspecified atom stereocenters. The molecule has 4 nitrogen and oxygen atoms in total. The van der Waals surface area contributed by atoms with Gasteiger partial charge in [0.2, 0.25) is 5.91 Å². The lowest BCUT2D eigenvalue weighted by Crippen LogP contribution is -2.15. The largest absolute Gasteiger partial charge is 0.508 e. The second-order valence-corrected chi connectivity index (χ2v) is 4.04. The van der Waals surface area contributed by atoms with Crippen molar-refractivity contribution in [1.82, 2.24) is 0 Å². The minimum Gasteiger partial charge on any atom is -0.508 e. The fourth-order valence-electron chi connectivity index (χ4n) is 1.45. The van der Waals surface area contributed by atoms with E-state index < -0.39 is 0 Å². The Labute approximate surface area is 95.5 Å². The molecule has 0 aliphatic rings. The molecule has 1 aromatic carbocycles. The number of anilines is 1. The summed E-state index contributed by atoms with van der Waals surface area (Å²) >= 11 is 0. The summed E-state index contributed by atoms with van der Waals surface area (Å²) in [5.74, 6) is 0.124. The number of carbonyl (C=O) groups is 1. The number of carbonyl (C=O) groups excluding carboxylic acids is 1. The van der Waals surface area contributed by atoms with Crippen LogP contribution in [0.5, 0.6) is 5.75 Å². The van der Waals surface area contributed by atoms with Gasteiger partial charge in [0.15, 0.2) is 0 Å². The molecule has 0 saturated carbocycles. The standard InChI is InChI=1S/C12H18N2O2/c1-8(13)3-4-10-7-11(14-9(2)15)5-6-12(10)16/h5-8,16H,3-4,13H2,1-2H3,(H,14,15). The molecule has 1 rings (SSSR count). The smallest absolute Gasteiger partial charge is 0.221 e. The maximum Gasteiger partial charge on any atom is 0.221 e. The summed E-state index contributed by atoms with van der Waals surface area (Å²) in [6.07, 6.45) is 1.51. The Bertz CT molecular complexity index is 375. The maximum atomic E-state index is 10.9. The fraction of sp³-hybridized carbons (Fsp3) is 0.417. The van der Waals surface area contributed by atoms with Crippen molar-refractivity contribution in [1.29, 1.82) is 0 Å². The summed E-state index contributed by atoms with van der Waals surface area (Å²) in [6.45, 7) is 3.38. The number of nitrogens with one attached hydrogen (secondary N) is 1. The summed E-state index contributed by atoms with van der Waals surface area (Å²) in [5, 5.41) is 12.3. The third-order valence-electron chi connectivity index (χ3n) is 2.27. The summed E-state index contributed by atoms with van der Waals surface area (Å²) in [4.78, 5) is 10.9. The van der Waals surface area contributed by atoms with Gasteiger partial charge in [0.1, 0.15) is 5.75 Å². The van der Waals surface area contributed by atoms with Crippen LogP contribution in [0.1, 0.15) is 25.8 Å². The number of rotatable bonds is 4. The minimum atomic E-state index is -0.121. The van der Waals surface area contributed by atoms with Gasteiger partial charge in [-0.05, 0) is 43.5 Å². The third-order valence-corrected chi connectivity index (χ3v) is 2.27. The van der Waals surface area contributed by atoms with Crippen molar-refractivity contribution in [2.45, 2.75) is 32.7 Å². The Morgan fingerprint density at radius 1 is 1.56 bits per heavy atom. The predicted molar refractivity (Wildman–Crippen MR) is 64.4 cm³/mol. The molecule has 0 bridgehead atoms. The molecular weight excluding hydrogens is 204 g/mol. The quantitative estimate of drug-likeness (QED) is 0.678. The number of benzene rings is 1. The van der Waals surface area contributed by atoms with Gasteiger partial charge >= 0.3 is 0 Å². The molecule has 0 heterocycles. The zero-order chi connectivity index (χ0) is 12.1. The molecule has 88 valence electrons. The monoisotopic (exact) mass is 222 g/mol. The number of amides is 1. The van der Waals surface area contributed by atoms with E-state index in [1.165, 1.54) is 6.92 Å². The van der Waals surface area contributed by atoms with Crippen molar-refractivity contribution < 1.29 is 9.90 Å². The summed E-state index contributed by atoms with van der Waals surface area (Å²) in [6, 6.07) is 5.14. The molecule has 0 saturated heterocycles. The molecule has 1 atom stereocenters. The maximum absolute atomic E-state index is 10.9. The van der Waals surface area contributed by atoms with E-state index in [9.17, 15) is 9.90 Å². The molecule has 4 heteroatoms. The second-order valence-electron chi connectivity index (χ2n) is 4.04. The predicted octanol–water partition coefficient (Wildman–Crippen LogP) is 1.63. The van der Waals surface area contributed by atoms with Gasteiger partial charge in [0, 0.05) is 18.7 Å². The Kier molecular flexibility index (Phi) is 4.31. The molecule has 0 radical (unpaired) electrons. The molecule has 1 amide bonds. The van der Waals surface area contributed by atoms with E-state index in [0.29, 0.717) is 12.1 Å². The molecule has 0 aliphatic heterocycles. The first kappa shape index (κ1) is 12.5. The first-order valence-electron chi connectivity index (χ1n) is 5.34. The Hall–Kier alpha value is -1.55. The number of aryl methyl sites for hydroxylation is 1. The van der Waals surface area contributed by atoms with Gasteiger partial charge in [-0.15, -0.1) is 0 Å². The van der Waals surface area contributed by atoms with E-state index in [1.54, 1.807) is 18.2 Å². The lowest BCUT2D eigenvalue weighted by atomic mass is 10.0. The van der Waals surface area contributed by atoms with Crippen LogP contribution in [0.25, 0.3) is 0 Å². The Morgan fingerprint density at radius 3 is 2.81 bits per heavy atom. The van der Waals surface area contributed by atoms with Crippen LogP contribution < -0.4 is 11.1 Å². The van der Waals surface area contributed by atoms with Crippen LogP contribution in [-0.2, 0) is 11.2 Å². The van der Waals surface area contributed by atoms with Gasteiger partial charge in [-0.1, -0.05) is 0 Å². The van der Waals surface area contributed by atoms with E-state index >= 15 is 0 Å². The number of hydrogen-bond acceptors (Lipinski definition) is 3. The Balaban J connectivity index is 2.77. The number of nitrogens with two attached hydrogens (primary N) is 1. The average Bonchev–Trinajstić information content (AvgIpc) is 2.18. The average molecular weight is 222 g/mol. The van der Waals surface area contributed by atoms with Gasteiger partial charge < -0.3 is 16.2 Å². The van der Waals surface area contributed by atoms with Crippen molar-refractivity contribution in [2.24, 2.45) is 5.73 Å². The van der Waals surface area contributed by atoms with E-state index in [0.717, 1.165) is 12.0 Å². The highest BCUT2D eigenvalue weighted by Crippen LogP contribution is 2.23. The third kappa shape index (κ3) is 3.90. The van der Waals surface area contributed by atoms with Crippen LogP contribution in [0, 0.1) is 0 Å². The first-order chi connectivity index (χ1) is 7.49. The van der Waals surface area contributed by atoms with Crippen molar-refractivity contribution in [3.8, 4) is 5.75 Å². The van der Waals surface area contributed by atoms with Gasteiger partial charge in [0.25, 0.3) is 0 Å². The van der Waals surface area contributed by atoms with Crippen LogP contribution in [0.15, 0.2) is 18.2 Å². The van der Waals surface area contributed by atoms with Gasteiger partial charge in [-0.2, -0.15) is 0 Å². The van der Waals surface area contributed by atoms with E-state index in [-0.39, 0.29) is 17.7 Å². The number of phenols is 1. The van der Waals surface area contributed by atoms with E-state index in [1.807, 2.05) is 6.92 Å². The zero-order valence-corrected chi connectivity index (χ0v) is 9.66. The SMILES string of the molecule is CC(=O)Nc1ccc(O)c(CCC(C)N)c1. The van der Waals surface area contributed by atoms with Gasteiger partial charge in [-0.3, -0.25) is 4.79 Å². The van der Waals surface area contributed by atoms with Crippen LogP contribution >= 0.6 is 0 Å². The number of hydrogen-bond donors (Lipinski definition) is 3. The first-order valence-corrected chi connectivity index (χ1v) is 5.34. The molecule has 4 N–H and O–H groups in total. The van der Waals surface area contributed by atoms with Gasteiger partial charge in [0.05, 0.1) is 0 Å². The second kappa shape index (κ2) is 5.51. The molecule has 16 heavy (non-hydrogen) atoms. The van der Waals surface area contributed by atoms with Crippen LogP contribution in [0.4, 0.5) is 5.69 Å². The highest BCUT2D eigenvalue weighted by molar-refractivity contribution is 5.88.